The highest BCUT2D eigenvalue weighted by molar-refractivity contribution is 7.92. The number of aryl methyl sites for hydroxylation is 2. The minimum Gasteiger partial charge on any atom is -0.352 e. The zero-order valence-corrected chi connectivity index (χ0v) is 18.6. The molecule has 5 nitrogen and oxygen atoms in total. The van der Waals surface area contributed by atoms with Crippen molar-refractivity contribution in [2.45, 2.75) is 58.3 Å². The van der Waals surface area contributed by atoms with Crippen LogP contribution in [0, 0.1) is 19.8 Å². The van der Waals surface area contributed by atoms with Gasteiger partial charge in [-0.3, -0.25) is 9.52 Å². The lowest BCUT2D eigenvalue weighted by atomic mass is 9.99. The molecule has 6 heteroatoms. The molecule has 0 bridgehead atoms. The molecule has 1 atom stereocenters. The molecule has 0 radical (unpaired) electrons. The van der Waals surface area contributed by atoms with E-state index in [-0.39, 0.29) is 10.8 Å². The Morgan fingerprint density at radius 2 is 1.76 bits per heavy atom. The molecule has 0 fully saturated rings. The fourth-order valence-corrected chi connectivity index (χ4v) is 4.60. The molecule has 158 valence electrons. The van der Waals surface area contributed by atoms with Gasteiger partial charge >= 0.3 is 0 Å². The Morgan fingerprint density at radius 3 is 2.41 bits per heavy atom. The molecule has 2 aromatic rings. The molecule has 2 N–H and O–H groups in total. The fourth-order valence-electron chi connectivity index (χ4n) is 3.20. The average molecular weight is 417 g/mol. The number of sulfonamides is 1. The van der Waals surface area contributed by atoms with E-state index in [9.17, 15) is 13.2 Å². The Labute approximate surface area is 175 Å². The summed E-state index contributed by atoms with van der Waals surface area (Å²) in [5.41, 5.74) is 2.31. The maximum absolute atomic E-state index is 12.9. The van der Waals surface area contributed by atoms with Crippen molar-refractivity contribution in [3.05, 3.63) is 59.2 Å². The lowest BCUT2D eigenvalue weighted by molar-refractivity contribution is 0.0945. The fraction of sp³-hybridized carbons (Fsp3) is 0.435. The summed E-state index contributed by atoms with van der Waals surface area (Å²) in [5.74, 6) is 0.197. The number of nitrogens with one attached hydrogen (secondary N) is 2. The quantitative estimate of drug-likeness (QED) is 0.569. The number of carbonyl (C=O) groups is 1. The molecule has 0 aliphatic carbocycles. The van der Waals surface area contributed by atoms with Crippen LogP contribution in [0.15, 0.2) is 47.4 Å². The molecule has 2 aromatic carbocycles. The summed E-state index contributed by atoms with van der Waals surface area (Å²) in [4.78, 5) is 12.7. The van der Waals surface area contributed by atoms with Crippen molar-refractivity contribution in [3.63, 3.8) is 0 Å². The molecular formula is C23H32N2O3S. The predicted molar refractivity (Wildman–Crippen MR) is 119 cm³/mol. The number of anilines is 1. The molecule has 0 aliphatic rings. The number of carbonyl (C=O) groups excluding carboxylic acids is 1. The van der Waals surface area contributed by atoms with Gasteiger partial charge in [-0.05, 0) is 55.5 Å². The second kappa shape index (κ2) is 10.4. The van der Waals surface area contributed by atoms with Crippen molar-refractivity contribution in [1.82, 2.24) is 5.32 Å². The monoisotopic (exact) mass is 416 g/mol. The molecule has 0 unspecified atom stereocenters. The molecular weight excluding hydrogens is 384 g/mol. The van der Waals surface area contributed by atoms with Gasteiger partial charge < -0.3 is 5.32 Å². The number of rotatable bonds is 10. The summed E-state index contributed by atoms with van der Waals surface area (Å²) in [5, 5.41) is 2.96. The van der Waals surface area contributed by atoms with Gasteiger partial charge in [0, 0.05) is 12.1 Å². The van der Waals surface area contributed by atoms with Gasteiger partial charge in [0.15, 0.2) is 0 Å². The van der Waals surface area contributed by atoms with Crippen LogP contribution in [0.1, 0.15) is 61.0 Å². The molecule has 0 saturated carbocycles. The largest absolute Gasteiger partial charge is 0.352 e. The van der Waals surface area contributed by atoms with Crippen LogP contribution in [-0.2, 0) is 10.0 Å². The maximum Gasteiger partial charge on any atom is 0.262 e. The Hall–Kier alpha value is -2.34. The molecule has 0 saturated heterocycles. The van der Waals surface area contributed by atoms with Crippen molar-refractivity contribution in [2.24, 2.45) is 5.92 Å². The van der Waals surface area contributed by atoms with Crippen LogP contribution in [-0.4, -0.2) is 20.9 Å². The van der Waals surface area contributed by atoms with Gasteiger partial charge in [-0.2, -0.15) is 0 Å². The van der Waals surface area contributed by atoms with Crippen molar-refractivity contribution in [1.29, 1.82) is 0 Å². The average Bonchev–Trinajstić information content (AvgIpc) is 2.69. The minimum absolute atomic E-state index is 0.117. The van der Waals surface area contributed by atoms with Gasteiger partial charge in [-0.15, -0.1) is 0 Å². The zero-order chi connectivity index (χ0) is 21.4. The second-order valence-electron chi connectivity index (χ2n) is 7.53. The molecule has 29 heavy (non-hydrogen) atoms. The van der Waals surface area contributed by atoms with Gasteiger partial charge in [0.2, 0.25) is 0 Å². The van der Waals surface area contributed by atoms with E-state index >= 15 is 0 Å². The number of hydrogen-bond acceptors (Lipinski definition) is 3. The first-order valence-corrected chi connectivity index (χ1v) is 11.7. The van der Waals surface area contributed by atoms with E-state index in [0.29, 0.717) is 29.3 Å². The van der Waals surface area contributed by atoms with Crippen molar-refractivity contribution < 1.29 is 13.2 Å². The van der Waals surface area contributed by atoms with E-state index < -0.39 is 10.0 Å². The standard InChI is InChI=1S/C23H32N2O3S/c1-5-7-11-19(6-2)16-24-23(26)20-14-13-18(4)22(15-20)29(27,28)25-21-12-9-8-10-17(21)3/h8-10,12-15,19,25H,5-7,11,16H2,1-4H3,(H,24,26)/t19-/m1/s1. The topological polar surface area (TPSA) is 75.3 Å². The summed E-state index contributed by atoms with van der Waals surface area (Å²) in [6.45, 7) is 8.46. The molecule has 2 rings (SSSR count). The van der Waals surface area contributed by atoms with Crippen LogP contribution in [0.25, 0.3) is 0 Å². The van der Waals surface area contributed by atoms with E-state index in [4.69, 9.17) is 0 Å². The van der Waals surface area contributed by atoms with Crippen LogP contribution in [0.5, 0.6) is 0 Å². The Kier molecular flexibility index (Phi) is 8.26. The molecule has 0 heterocycles. The highest BCUT2D eigenvalue weighted by atomic mass is 32.2. The Morgan fingerprint density at radius 1 is 1.03 bits per heavy atom. The second-order valence-corrected chi connectivity index (χ2v) is 9.18. The normalized spacial score (nSPS) is 12.4. The molecule has 0 aliphatic heterocycles. The van der Waals surface area contributed by atoms with Crippen molar-refractivity contribution in [3.8, 4) is 0 Å². The van der Waals surface area contributed by atoms with Gasteiger partial charge in [0.1, 0.15) is 0 Å². The first-order chi connectivity index (χ1) is 13.8. The van der Waals surface area contributed by atoms with Gasteiger partial charge in [0.25, 0.3) is 15.9 Å². The van der Waals surface area contributed by atoms with Gasteiger partial charge in [-0.25, -0.2) is 8.42 Å². The van der Waals surface area contributed by atoms with E-state index in [0.717, 1.165) is 31.2 Å². The predicted octanol–water partition coefficient (Wildman–Crippen LogP) is 5.05. The highest BCUT2D eigenvalue weighted by Crippen LogP contribution is 2.23. The highest BCUT2D eigenvalue weighted by Gasteiger charge is 2.20. The minimum atomic E-state index is -3.80. The zero-order valence-electron chi connectivity index (χ0n) is 17.8. The van der Waals surface area contributed by atoms with E-state index in [1.807, 2.05) is 19.1 Å². The van der Waals surface area contributed by atoms with Crippen LogP contribution in [0.4, 0.5) is 5.69 Å². The number of unbranched alkanes of at least 4 members (excludes halogenated alkanes) is 1. The number of benzene rings is 2. The van der Waals surface area contributed by atoms with Crippen LogP contribution >= 0.6 is 0 Å². The van der Waals surface area contributed by atoms with E-state index in [2.05, 4.69) is 23.9 Å². The smallest absolute Gasteiger partial charge is 0.262 e. The maximum atomic E-state index is 12.9. The third kappa shape index (κ3) is 6.32. The first-order valence-electron chi connectivity index (χ1n) is 10.3. The third-order valence-electron chi connectivity index (χ3n) is 5.22. The summed E-state index contributed by atoms with van der Waals surface area (Å²) in [6, 6.07) is 12.0. The summed E-state index contributed by atoms with van der Waals surface area (Å²) >= 11 is 0. The SMILES string of the molecule is CCCC[C@@H](CC)CNC(=O)c1ccc(C)c(S(=O)(=O)Nc2ccccc2C)c1. The van der Waals surface area contributed by atoms with E-state index in [1.165, 1.54) is 6.07 Å². The summed E-state index contributed by atoms with van der Waals surface area (Å²) in [6.07, 6.45) is 4.37. The van der Waals surface area contributed by atoms with Crippen molar-refractivity contribution >= 4 is 21.6 Å². The lowest BCUT2D eigenvalue weighted by Gasteiger charge is -2.16. The number of amides is 1. The third-order valence-corrected chi connectivity index (χ3v) is 6.73. The lowest BCUT2D eigenvalue weighted by Crippen LogP contribution is -2.29. The molecule has 0 spiro atoms. The van der Waals surface area contributed by atoms with Gasteiger partial charge in [0.05, 0.1) is 10.6 Å². The Balaban J connectivity index is 2.18. The Bertz CT molecular complexity index is 939. The summed E-state index contributed by atoms with van der Waals surface area (Å²) in [7, 11) is -3.80. The number of hydrogen-bond donors (Lipinski definition) is 2. The van der Waals surface area contributed by atoms with Crippen LogP contribution < -0.4 is 10.0 Å². The summed E-state index contributed by atoms with van der Waals surface area (Å²) < 4.78 is 28.5. The number of para-hydroxylation sites is 1. The van der Waals surface area contributed by atoms with E-state index in [1.54, 1.807) is 31.2 Å². The van der Waals surface area contributed by atoms with Gasteiger partial charge in [-0.1, -0.05) is 57.4 Å². The van der Waals surface area contributed by atoms with Crippen LogP contribution in [0.3, 0.4) is 0 Å². The van der Waals surface area contributed by atoms with Crippen molar-refractivity contribution in [2.75, 3.05) is 11.3 Å². The first kappa shape index (κ1) is 22.9. The molecule has 1 amide bonds. The molecule has 0 aromatic heterocycles. The van der Waals surface area contributed by atoms with Crippen LogP contribution in [0.2, 0.25) is 0 Å².